The second-order valence-electron chi connectivity index (χ2n) is 6.30. The lowest BCUT2D eigenvalue weighted by atomic mass is 10.2. The first-order valence-corrected chi connectivity index (χ1v) is 6.40. The number of aliphatic carboxylic acids is 1. The van der Waals surface area contributed by atoms with E-state index in [-0.39, 0.29) is 6.42 Å². The van der Waals surface area contributed by atoms with Crippen molar-refractivity contribution in [2.24, 2.45) is 0 Å². The van der Waals surface area contributed by atoms with Crippen molar-refractivity contribution in [1.29, 1.82) is 0 Å². The van der Waals surface area contributed by atoms with E-state index in [1.54, 1.807) is 0 Å². The standard InChI is InChI=1S/C13H26O6/c1-12(2,3)18-16-11(9-7-8-10(14)15)17-19-13(4,5)6/h11H,7-9H2,1-6H3,(H,14,15). The lowest BCUT2D eigenvalue weighted by molar-refractivity contribution is -0.497. The maximum Gasteiger partial charge on any atom is 0.303 e. The lowest BCUT2D eigenvalue weighted by Crippen LogP contribution is -2.29. The number of carbonyl (C=O) groups is 1. The Balaban J connectivity index is 4.18. The van der Waals surface area contributed by atoms with E-state index in [1.165, 1.54) is 0 Å². The fraction of sp³-hybridized carbons (Fsp3) is 0.923. The summed E-state index contributed by atoms with van der Waals surface area (Å²) in [6.45, 7) is 11.0. The molecule has 0 aromatic heterocycles. The number of hydrogen-bond donors (Lipinski definition) is 1. The molecular formula is C13H26O6. The quantitative estimate of drug-likeness (QED) is 0.418. The molecule has 6 heteroatoms. The van der Waals surface area contributed by atoms with Gasteiger partial charge in [-0.3, -0.25) is 4.79 Å². The van der Waals surface area contributed by atoms with Crippen molar-refractivity contribution in [3.05, 3.63) is 0 Å². The monoisotopic (exact) mass is 278 g/mol. The normalized spacial score (nSPS) is 13.0. The van der Waals surface area contributed by atoms with Gasteiger partial charge in [0.05, 0.1) is 11.2 Å². The van der Waals surface area contributed by atoms with E-state index in [1.807, 2.05) is 41.5 Å². The highest BCUT2D eigenvalue weighted by Crippen LogP contribution is 2.17. The molecule has 0 atom stereocenters. The molecule has 6 nitrogen and oxygen atoms in total. The second-order valence-corrected chi connectivity index (χ2v) is 6.30. The van der Waals surface area contributed by atoms with Crippen molar-refractivity contribution in [3.8, 4) is 0 Å². The van der Waals surface area contributed by atoms with E-state index in [4.69, 9.17) is 24.7 Å². The highest BCUT2D eigenvalue weighted by Gasteiger charge is 2.21. The maximum atomic E-state index is 10.5. The summed E-state index contributed by atoms with van der Waals surface area (Å²) < 4.78 is 0. The van der Waals surface area contributed by atoms with Crippen LogP contribution in [-0.2, 0) is 24.3 Å². The first-order chi connectivity index (χ1) is 8.49. The average molecular weight is 278 g/mol. The molecule has 0 fully saturated rings. The molecule has 0 aliphatic carbocycles. The Hall–Kier alpha value is -0.690. The Morgan fingerprint density at radius 2 is 1.42 bits per heavy atom. The molecule has 0 spiro atoms. The topological polar surface area (TPSA) is 74.2 Å². The minimum atomic E-state index is -0.854. The molecule has 0 aromatic carbocycles. The van der Waals surface area contributed by atoms with Gasteiger partial charge in [-0.2, -0.15) is 0 Å². The number of rotatable bonds is 8. The van der Waals surface area contributed by atoms with Crippen LogP contribution in [0.15, 0.2) is 0 Å². The van der Waals surface area contributed by atoms with E-state index >= 15 is 0 Å². The van der Waals surface area contributed by atoms with Crippen LogP contribution in [0.5, 0.6) is 0 Å². The van der Waals surface area contributed by atoms with Gasteiger partial charge in [-0.05, 0) is 48.0 Å². The van der Waals surface area contributed by atoms with E-state index in [0.717, 1.165) is 0 Å². The third kappa shape index (κ3) is 13.5. The van der Waals surface area contributed by atoms with Gasteiger partial charge >= 0.3 is 5.97 Å². The van der Waals surface area contributed by atoms with Gasteiger partial charge in [0.25, 0.3) is 0 Å². The van der Waals surface area contributed by atoms with Crippen LogP contribution >= 0.6 is 0 Å². The lowest BCUT2D eigenvalue weighted by Gasteiger charge is -2.25. The summed E-state index contributed by atoms with van der Waals surface area (Å²) >= 11 is 0. The van der Waals surface area contributed by atoms with Gasteiger partial charge in [0.15, 0.2) is 0 Å². The highest BCUT2D eigenvalue weighted by molar-refractivity contribution is 5.66. The molecule has 0 heterocycles. The van der Waals surface area contributed by atoms with Crippen molar-refractivity contribution >= 4 is 5.97 Å². The molecule has 0 aromatic rings. The fourth-order valence-corrected chi connectivity index (χ4v) is 0.928. The van der Waals surface area contributed by atoms with E-state index in [9.17, 15) is 4.79 Å². The van der Waals surface area contributed by atoms with E-state index in [2.05, 4.69) is 0 Å². The smallest absolute Gasteiger partial charge is 0.303 e. The SMILES string of the molecule is CC(C)(C)OOC(CCCC(=O)O)OOC(C)(C)C. The van der Waals surface area contributed by atoms with Crippen LogP contribution < -0.4 is 0 Å². The molecule has 114 valence electrons. The minimum absolute atomic E-state index is 0.0499. The van der Waals surface area contributed by atoms with E-state index in [0.29, 0.717) is 12.8 Å². The van der Waals surface area contributed by atoms with Crippen LogP contribution in [0.1, 0.15) is 60.8 Å². The van der Waals surface area contributed by atoms with Crippen LogP contribution in [0, 0.1) is 0 Å². The van der Waals surface area contributed by atoms with Crippen LogP contribution in [0.2, 0.25) is 0 Å². The molecular weight excluding hydrogens is 252 g/mol. The third-order valence-electron chi connectivity index (χ3n) is 1.64. The van der Waals surface area contributed by atoms with Gasteiger partial charge in [-0.1, -0.05) is 0 Å². The molecule has 0 saturated heterocycles. The zero-order valence-electron chi connectivity index (χ0n) is 12.7. The Bertz CT molecular complexity index is 245. The molecule has 19 heavy (non-hydrogen) atoms. The van der Waals surface area contributed by atoms with Crippen LogP contribution in [0.4, 0.5) is 0 Å². The third-order valence-corrected chi connectivity index (χ3v) is 1.64. The summed E-state index contributed by atoms with van der Waals surface area (Å²) in [6.07, 6.45) is 0.0890. The second kappa shape index (κ2) is 7.79. The van der Waals surface area contributed by atoms with Crippen LogP contribution in [0.3, 0.4) is 0 Å². The summed E-state index contributed by atoms with van der Waals surface area (Å²) in [7, 11) is 0. The predicted octanol–water partition coefficient (Wildman–Crippen LogP) is 3.06. The van der Waals surface area contributed by atoms with Gasteiger partial charge in [-0.25, -0.2) is 19.6 Å². The zero-order chi connectivity index (χ0) is 15.1. The van der Waals surface area contributed by atoms with Gasteiger partial charge in [-0.15, -0.1) is 0 Å². The molecule has 0 unspecified atom stereocenters. The number of carboxylic acids is 1. The first-order valence-electron chi connectivity index (χ1n) is 6.40. The molecule has 0 radical (unpaired) electrons. The van der Waals surface area contributed by atoms with Gasteiger partial charge in [0.2, 0.25) is 6.29 Å². The molecule has 0 saturated carbocycles. The fourth-order valence-electron chi connectivity index (χ4n) is 0.928. The summed E-state index contributed by atoms with van der Waals surface area (Å²) in [5.74, 6) is -0.854. The summed E-state index contributed by atoms with van der Waals surface area (Å²) in [5, 5.41) is 8.60. The Kier molecular flexibility index (Phi) is 7.51. The Morgan fingerprint density at radius 1 is 1.00 bits per heavy atom. The van der Waals surface area contributed by atoms with Crippen molar-refractivity contribution in [2.75, 3.05) is 0 Å². The van der Waals surface area contributed by atoms with Crippen molar-refractivity contribution in [3.63, 3.8) is 0 Å². The molecule has 0 bridgehead atoms. The van der Waals surface area contributed by atoms with Gasteiger partial charge in [0.1, 0.15) is 0 Å². The maximum absolute atomic E-state index is 10.5. The van der Waals surface area contributed by atoms with Crippen LogP contribution in [-0.4, -0.2) is 28.6 Å². The molecule has 0 amide bonds. The van der Waals surface area contributed by atoms with Gasteiger partial charge in [0, 0.05) is 12.8 Å². The number of carboxylic acid groups (broad SMARTS) is 1. The zero-order valence-corrected chi connectivity index (χ0v) is 12.7. The average Bonchev–Trinajstić information content (AvgIpc) is 2.18. The summed E-state index contributed by atoms with van der Waals surface area (Å²) in [5.41, 5.74) is -0.952. The van der Waals surface area contributed by atoms with Crippen molar-refractivity contribution in [1.82, 2.24) is 0 Å². The molecule has 1 N–H and O–H groups in total. The Labute approximate surface area is 114 Å². The van der Waals surface area contributed by atoms with E-state index < -0.39 is 23.5 Å². The van der Waals surface area contributed by atoms with Gasteiger partial charge < -0.3 is 5.11 Å². The summed E-state index contributed by atoms with van der Waals surface area (Å²) in [6, 6.07) is 0. The first kappa shape index (κ1) is 18.3. The highest BCUT2D eigenvalue weighted by atomic mass is 17.3. The Morgan fingerprint density at radius 3 is 1.74 bits per heavy atom. The predicted molar refractivity (Wildman–Crippen MR) is 69.1 cm³/mol. The number of hydrogen-bond acceptors (Lipinski definition) is 5. The minimum Gasteiger partial charge on any atom is -0.481 e. The molecule has 0 rings (SSSR count). The molecule has 0 aliphatic heterocycles. The summed E-state index contributed by atoms with van der Waals surface area (Å²) in [4.78, 5) is 31.1. The van der Waals surface area contributed by atoms with Crippen molar-refractivity contribution < 1.29 is 29.5 Å². The largest absolute Gasteiger partial charge is 0.481 e. The van der Waals surface area contributed by atoms with Crippen molar-refractivity contribution in [2.45, 2.75) is 78.3 Å². The van der Waals surface area contributed by atoms with Crippen LogP contribution in [0.25, 0.3) is 0 Å². The molecule has 0 aliphatic rings.